The highest BCUT2D eigenvalue weighted by molar-refractivity contribution is 5.77. The molecular formula is C26H29N3O. The third-order valence-electron chi connectivity index (χ3n) is 5.64. The minimum Gasteiger partial charge on any atom is -0.381 e. The van der Waals surface area contributed by atoms with Crippen LogP contribution in [0, 0.1) is 0 Å². The zero-order valence-electron chi connectivity index (χ0n) is 17.2. The van der Waals surface area contributed by atoms with Gasteiger partial charge in [0, 0.05) is 37.8 Å². The number of anilines is 1. The van der Waals surface area contributed by atoms with E-state index in [-0.39, 0.29) is 11.9 Å². The number of hydrogen-bond donors (Lipinski definition) is 2. The Kier molecular flexibility index (Phi) is 6.78. The van der Waals surface area contributed by atoms with E-state index < -0.39 is 0 Å². The van der Waals surface area contributed by atoms with E-state index in [1.165, 1.54) is 0 Å². The molecule has 1 aliphatic heterocycles. The van der Waals surface area contributed by atoms with E-state index in [9.17, 15) is 4.79 Å². The monoisotopic (exact) mass is 399 g/mol. The summed E-state index contributed by atoms with van der Waals surface area (Å²) in [5.74, 6) is 0.0900. The lowest BCUT2D eigenvalue weighted by atomic mass is 9.98. The Morgan fingerprint density at radius 2 is 1.43 bits per heavy atom. The smallest absolute Gasteiger partial charge is 0.222 e. The molecular weight excluding hydrogens is 370 g/mol. The molecule has 154 valence electrons. The Bertz CT molecular complexity index is 875. The predicted molar refractivity (Wildman–Crippen MR) is 122 cm³/mol. The molecule has 1 amide bonds. The zero-order valence-corrected chi connectivity index (χ0v) is 17.2. The SMILES string of the molecule is O=C(CCN1CCC(Nc2ccccc2)C1)NC(c1ccccc1)c1ccccc1. The molecule has 0 aliphatic carbocycles. The summed E-state index contributed by atoms with van der Waals surface area (Å²) in [4.78, 5) is 15.2. The number of carbonyl (C=O) groups is 1. The van der Waals surface area contributed by atoms with Crippen molar-refractivity contribution in [2.45, 2.75) is 24.9 Å². The average Bonchev–Trinajstić information content (AvgIpc) is 3.25. The highest BCUT2D eigenvalue weighted by Crippen LogP contribution is 2.22. The van der Waals surface area contributed by atoms with Crippen LogP contribution in [-0.2, 0) is 4.79 Å². The summed E-state index contributed by atoms with van der Waals surface area (Å²) in [6, 6.07) is 31.0. The van der Waals surface area contributed by atoms with Crippen LogP contribution in [0.3, 0.4) is 0 Å². The van der Waals surface area contributed by atoms with Gasteiger partial charge in [0.2, 0.25) is 5.91 Å². The van der Waals surface area contributed by atoms with Crippen molar-refractivity contribution in [2.24, 2.45) is 0 Å². The molecule has 0 saturated carbocycles. The van der Waals surface area contributed by atoms with Gasteiger partial charge in [-0.1, -0.05) is 78.9 Å². The zero-order chi connectivity index (χ0) is 20.6. The van der Waals surface area contributed by atoms with Crippen molar-refractivity contribution < 1.29 is 4.79 Å². The fraction of sp³-hybridized carbons (Fsp3) is 0.269. The van der Waals surface area contributed by atoms with Crippen molar-refractivity contribution >= 4 is 11.6 Å². The molecule has 0 aromatic heterocycles. The van der Waals surface area contributed by atoms with Crippen LogP contribution in [-0.4, -0.2) is 36.5 Å². The summed E-state index contributed by atoms with van der Waals surface area (Å²) >= 11 is 0. The van der Waals surface area contributed by atoms with Gasteiger partial charge in [0.25, 0.3) is 0 Å². The fourth-order valence-corrected chi connectivity index (χ4v) is 4.07. The maximum absolute atomic E-state index is 12.8. The first kappa shape index (κ1) is 20.2. The second-order valence-electron chi connectivity index (χ2n) is 7.87. The summed E-state index contributed by atoms with van der Waals surface area (Å²) in [6.07, 6.45) is 1.61. The lowest BCUT2D eigenvalue weighted by Crippen LogP contribution is -2.33. The maximum atomic E-state index is 12.8. The number of nitrogens with zero attached hydrogens (tertiary/aromatic N) is 1. The Morgan fingerprint density at radius 1 is 0.867 bits per heavy atom. The Morgan fingerprint density at radius 3 is 2.03 bits per heavy atom. The van der Waals surface area contributed by atoms with Crippen molar-refractivity contribution in [3.63, 3.8) is 0 Å². The van der Waals surface area contributed by atoms with Crippen LogP contribution in [0.1, 0.15) is 30.0 Å². The van der Waals surface area contributed by atoms with Gasteiger partial charge in [-0.05, 0) is 29.7 Å². The molecule has 3 aromatic rings. The van der Waals surface area contributed by atoms with Crippen molar-refractivity contribution in [1.82, 2.24) is 10.2 Å². The molecule has 1 heterocycles. The average molecular weight is 400 g/mol. The minimum absolute atomic E-state index is 0.0900. The second-order valence-corrected chi connectivity index (χ2v) is 7.87. The van der Waals surface area contributed by atoms with Gasteiger partial charge in [-0.2, -0.15) is 0 Å². The summed E-state index contributed by atoms with van der Waals surface area (Å²) in [7, 11) is 0. The van der Waals surface area contributed by atoms with Gasteiger partial charge in [0.05, 0.1) is 6.04 Å². The van der Waals surface area contributed by atoms with E-state index in [1.807, 2.05) is 42.5 Å². The summed E-state index contributed by atoms with van der Waals surface area (Å²) in [5.41, 5.74) is 3.37. The highest BCUT2D eigenvalue weighted by atomic mass is 16.1. The van der Waals surface area contributed by atoms with Crippen LogP contribution < -0.4 is 10.6 Å². The lowest BCUT2D eigenvalue weighted by molar-refractivity contribution is -0.121. The summed E-state index contributed by atoms with van der Waals surface area (Å²) in [5, 5.41) is 6.83. The lowest BCUT2D eigenvalue weighted by Gasteiger charge is -2.21. The van der Waals surface area contributed by atoms with Gasteiger partial charge in [0.1, 0.15) is 0 Å². The van der Waals surface area contributed by atoms with Crippen molar-refractivity contribution in [3.05, 3.63) is 102 Å². The molecule has 1 unspecified atom stereocenters. The third-order valence-corrected chi connectivity index (χ3v) is 5.64. The van der Waals surface area contributed by atoms with Gasteiger partial charge in [-0.15, -0.1) is 0 Å². The molecule has 0 spiro atoms. The number of nitrogens with one attached hydrogen (secondary N) is 2. The topological polar surface area (TPSA) is 44.4 Å². The van der Waals surface area contributed by atoms with Crippen LogP contribution in [0.5, 0.6) is 0 Å². The van der Waals surface area contributed by atoms with Crippen LogP contribution in [0.15, 0.2) is 91.0 Å². The maximum Gasteiger partial charge on any atom is 0.222 e. The number of amides is 1. The molecule has 4 nitrogen and oxygen atoms in total. The standard InChI is InChI=1S/C26H29N3O/c30-25(17-19-29-18-16-24(20-29)27-23-14-8-3-9-15-23)28-26(21-10-4-1-5-11-21)22-12-6-2-7-13-22/h1-15,24,26-27H,16-20H2,(H,28,30). The Labute approximate surface area is 178 Å². The van der Waals surface area contributed by atoms with Crippen LogP contribution in [0.2, 0.25) is 0 Å². The van der Waals surface area contributed by atoms with Crippen LogP contribution in [0.25, 0.3) is 0 Å². The Hall–Kier alpha value is -3.11. The minimum atomic E-state index is -0.119. The quantitative estimate of drug-likeness (QED) is 0.587. The fourth-order valence-electron chi connectivity index (χ4n) is 4.07. The molecule has 1 aliphatic rings. The number of para-hydroxylation sites is 1. The molecule has 4 rings (SSSR count). The molecule has 30 heavy (non-hydrogen) atoms. The van der Waals surface area contributed by atoms with E-state index in [2.05, 4.69) is 64.1 Å². The first-order chi connectivity index (χ1) is 14.8. The van der Waals surface area contributed by atoms with E-state index in [1.54, 1.807) is 0 Å². The number of rotatable bonds is 8. The van der Waals surface area contributed by atoms with Gasteiger partial charge in [-0.3, -0.25) is 4.79 Å². The molecule has 1 atom stereocenters. The van der Waals surface area contributed by atoms with Gasteiger partial charge < -0.3 is 15.5 Å². The van der Waals surface area contributed by atoms with Gasteiger partial charge in [0.15, 0.2) is 0 Å². The molecule has 1 fully saturated rings. The van der Waals surface area contributed by atoms with Gasteiger partial charge >= 0.3 is 0 Å². The molecule has 0 bridgehead atoms. The van der Waals surface area contributed by atoms with Crippen LogP contribution in [0.4, 0.5) is 5.69 Å². The predicted octanol–water partition coefficient (Wildman–Crippen LogP) is 4.47. The first-order valence-corrected chi connectivity index (χ1v) is 10.7. The Balaban J connectivity index is 1.30. The van der Waals surface area contributed by atoms with E-state index in [0.29, 0.717) is 12.5 Å². The first-order valence-electron chi connectivity index (χ1n) is 10.7. The van der Waals surface area contributed by atoms with Crippen molar-refractivity contribution in [1.29, 1.82) is 0 Å². The number of carbonyl (C=O) groups excluding carboxylic acids is 1. The van der Waals surface area contributed by atoms with Crippen LogP contribution >= 0.6 is 0 Å². The van der Waals surface area contributed by atoms with E-state index >= 15 is 0 Å². The second kappa shape index (κ2) is 10.1. The van der Waals surface area contributed by atoms with E-state index in [0.717, 1.165) is 42.9 Å². The number of benzene rings is 3. The number of likely N-dealkylation sites (tertiary alicyclic amines) is 1. The van der Waals surface area contributed by atoms with Crippen molar-refractivity contribution in [3.8, 4) is 0 Å². The van der Waals surface area contributed by atoms with Gasteiger partial charge in [-0.25, -0.2) is 0 Å². The summed E-state index contributed by atoms with van der Waals surface area (Å²) in [6.45, 7) is 2.79. The summed E-state index contributed by atoms with van der Waals surface area (Å²) < 4.78 is 0. The number of hydrogen-bond acceptors (Lipinski definition) is 3. The third kappa shape index (κ3) is 5.49. The molecule has 1 saturated heterocycles. The highest BCUT2D eigenvalue weighted by Gasteiger charge is 2.23. The molecule has 0 radical (unpaired) electrons. The molecule has 3 aromatic carbocycles. The largest absolute Gasteiger partial charge is 0.381 e. The normalized spacial score (nSPS) is 16.5. The molecule has 2 N–H and O–H groups in total. The molecule has 4 heteroatoms. The van der Waals surface area contributed by atoms with Crippen molar-refractivity contribution in [2.75, 3.05) is 25.0 Å². The van der Waals surface area contributed by atoms with E-state index in [4.69, 9.17) is 0 Å².